The van der Waals surface area contributed by atoms with Gasteiger partial charge in [-0.3, -0.25) is 0 Å². The summed E-state index contributed by atoms with van der Waals surface area (Å²) in [5.74, 6) is 0.795. The molecule has 2 aromatic heterocycles. The van der Waals surface area contributed by atoms with Crippen molar-refractivity contribution in [1.29, 1.82) is 0 Å². The smallest absolute Gasteiger partial charge is 0.169 e. The second-order valence-corrected chi connectivity index (χ2v) is 4.48. The summed E-state index contributed by atoms with van der Waals surface area (Å²) >= 11 is 1.65. The molecule has 0 radical (unpaired) electrons. The predicted octanol–water partition coefficient (Wildman–Crippen LogP) is 2.09. The molecule has 2 N–H and O–H groups in total. The van der Waals surface area contributed by atoms with Gasteiger partial charge >= 0.3 is 0 Å². The fourth-order valence-corrected chi connectivity index (χ4v) is 2.03. The number of hydrogen-bond donors (Lipinski definition) is 1. The van der Waals surface area contributed by atoms with E-state index in [2.05, 4.69) is 9.97 Å². The Morgan fingerprint density at radius 1 is 1.47 bits per heavy atom. The minimum atomic E-state index is 0.135. The molecule has 2 rings (SSSR count). The minimum absolute atomic E-state index is 0.135. The monoisotopic (exact) mass is 219 g/mol. The third-order valence-corrected chi connectivity index (χ3v) is 2.85. The Kier molecular flexibility index (Phi) is 3.08. The molecule has 2 heterocycles. The number of thiophene rings is 1. The van der Waals surface area contributed by atoms with Crippen molar-refractivity contribution in [3.63, 3.8) is 0 Å². The van der Waals surface area contributed by atoms with Crippen molar-refractivity contribution in [2.24, 2.45) is 5.73 Å². The molecule has 0 aliphatic rings. The number of nitrogens with two attached hydrogens (primary N) is 1. The Morgan fingerprint density at radius 3 is 3.00 bits per heavy atom. The molecule has 0 bridgehead atoms. The van der Waals surface area contributed by atoms with Crippen LogP contribution in [0.5, 0.6) is 0 Å². The summed E-state index contributed by atoms with van der Waals surface area (Å²) in [6, 6.07) is 6.08. The van der Waals surface area contributed by atoms with Crippen molar-refractivity contribution in [2.75, 3.05) is 0 Å². The van der Waals surface area contributed by atoms with Crippen LogP contribution in [0.4, 0.5) is 0 Å². The summed E-state index contributed by atoms with van der Waals surface area (Å²) in [5.41, 5.74) is 6.74. The Labute approximate surface area is 93.0 Å². The zero-order chi connectivity index (χ0) is 10.7. The summed E-state index contributed by atoms with van der Waals surface area (Å²) in [4.78, 5) is 9.82. The number of aromatic nitrogens is 2. The van der Waals surface area contributed by atoms with Crippen LogP contribution in [0, 0.1) is 0 Å². The lowest BCUT2D eigenvalue weighted by molar-refractivity contribution is 0.721. The summed E-state index contributed by atoms with van der Waals surface area (Å²) in [5, 5.41) is 2.02. The highest BCUT2D eigenvalue weighted by Crippen LogP contribution is 2.20. The minimum Gasteiger partial charge on any atom is -0.328 e. The molecule has 1 unspecified atom stereocenters. The summed E-state index contributed by atoms with van der Waals surface area (Å²) < 4.78 is 0. The van der Waals surface area contributed by atoms with Gasteiger partial charge in [-0.15, -0.1) is 11.3 Å². The quantitative estimate of drug-likeness (QED) is 0.860. The molecule has 0 saturated heterocycles. The molecule has 0 amide bonds. The highest BCUT2D eigenvalue weighted by molar-refractivity contribution is 7.13. The maximum absolute atomic E-state index is 5.74. The zero-order valence-electron chi connectivity index (χ0n) is 8.55. The highest BCUT2D eigenvalue weighted by atomic mass is 32.1. The first-order valence-corrected chi connectivity index (χ1v) is 5.75. The Hall–Kier alpha value is -1.26. The molecule has 1 atom stereocenters. The van der Waals surface area contributed by atoms with Crippen LogP contribution in [0.1, 0.15) is 12.6 Å². The fraction of sp³-hybridized carbons (Fsp3) is 0.273. The topological polar surface area (TPSA) is 51.8 Å². The average molecular weight is 219 g/mol. The molecule has 78 valence electrons. The summed E-state index contributed by atoms with van der Waals surface area (Å²) in [6.45, 7) is 1.98. The fourth-order valence-electron chi connectivity index (χ4n) is 1.36. The van der Waals surface area contributed by atoms with E-state index in [9.17, 15) is 0 Å². The predicted molar refractivity (Wildman–Crippen MR) is 62.7 cm³/mol. The standard InChI is InChI=1S/C11H13N3S/c1-8(12)7-9-4-5-13-11(14-9)10-3-2-6-15-10/h2-6,8H,7,12H2,1H3. The van der Waals surface area contributed by atoms with Gasteiger partial charge in [0.25, 0.3) is 0 Å². The third kappa shape index (κ3) is 2.61. The zero-order valence-corrected chi connectivity index (χ0v) is 9.37. The van der Waals surface area contributed by atoms with E-state index >= 15 is 0 Å². The Bertz CT molecular complexity index is 423. The average Bonchev–Trinajstić information content (AvgIpc) is 2.69. The first kappa shape index (κ1) is 10.3. The van der Waals surface area contributed by atoms with Crippen molar-refractivity contribution < 1.29 is 0 Å². The van der Waals surface area contributed by atoms with Gasteiger partial charge in [-0.1, -0.05) is 6.07 Å². The van der Waals surface area contributed by atoms with Gasteiger partial charge < -0.3 is 5.73 Å². The second-order valence-electron chi connectivity index (χ2n) is 3.53. The van der Waals surface area contributed by atoms with Gasteiger partial charge in [0.05, 0.1) is 4.88 Å². The number of nitrogens with zero attached hydrogens (tertiary/aromatic N) is 2. The van der Waals surface area contributed by atoms with Crippen LogP contribution in [0.25, 0.3) is 10.7 Å². The molecule has 4 heteroatoms. The van der Waals surface area contributed by atoms with Crippen LogP contribution in [0.3, 0.4) is 0 Å². The van der Waals surface area contributed by atoms with Crippen molar-refractivity contribution in [3.8, 4) is 10.7 Å². The van der Waals surface area contributed by atoms with E-state index in [4.69, 9.17) is 5.73 Å². The summed E-state index contributed by atoms with van der Waals surface area (Å²) in [6.07, 6.45) is 2.58. The van der Waals surface area contributed by atoms with Crippen molar-refractivity contribution in [2.45, 2.75) is 19.4 Å². The number of rotatable bonds is 3. The molecule has 3 nitrogen and oxygen atoms in total. The molecular formula is C11H13N3S. The van der Waals surface area contributed by atoms with Gasteiger partial charge in [0.15, 0.2) is 5.82 Å². The first-order chi connectivity index (χ1) is 7.25. The molecular weight excluding hydrogens is 206 g/mol. The second kappa shape index (κ2) is 4.51. The van der Waals surface area contributed by atoms with E-state index in [1.807, 2.05) is 30.5 Å². The molecule has 2 aromatic rings. The molecule has 0 aliphatic heterocycles. The van der Waals surface area contributed by atoms with E-state index in [1.54, 1.807) is 17.5 Å². The van der Waals surface area contributed by atoms with E-state index in [-0.39, 0.29) is 6.04 Å². The van der Waals surface area contributed by atoms with Gasteiger partial charge in [-0.25, -0.2) is 9.97 Å². The van der Waals surface area contributed by atoms with Crippen molar-refractivity contribution in [3.05, 3.63) is 35.5 Å². The van der Waals surface area contributed by atoms with Crippen molar-refractivity contribution in [1.82, 2.24) is 9.97 Å². The van der Waals surface area contributed by atoms with Gasteiger partial charge in [0, 0.05) is 24.4 Å². The van der Waals surface area contributed by atoms with Crippen LogP contribution in [-0.2, 0) is 6.42 Å². The lowest BCUT2D eigenvalue weighted by Gasteiger charge is -2.04. The molecule has 0 aliphatic carbocycles. The largest absolute Gasteiger partial charge is 0.328 e. The molecule has 0 fully saturated rings. The molecule has 0 aromatic carbocycles. The molecule has 0 spiro atoms. The van der Waals surface area contributed by atoms with Crippen LogP contribution < -0.4 is 5.73 Å². The first-order valence-electron chi connectivity index (χ1n) is 4.87. The van der Waals surface area contributed by atoms with Gasteiger partial charge in [0.2, 0.25) is 0 Å². The van der Waals surface area contributed by atoms with Crippen molar-refractivity contribution >= 4 is 11.3 Å². The van der Waals surface area contributed by atoms with E-state index in [0.717, 1.165) is 22.8 Å². The van der Waals surface area contributed by atoms with Crippen LogP contribution in [-0.4, -0.2) is 16.0 Å². The van der Waals surface area contributed by atoms with E-state index in [0.29, 0.717) is 0 Å². The van der Waals surface area contributed by atoms with Gasteiger partial charge in [-0.2, -0.15) is 0 Å². The third-order valence-electron chi connectivity index (χ3n) is 1.99. The number of hydrogen-bond acceptors (Lipinski definition) is 4. The van der Waals surface area contributed by atoms with Crippen LogP contribution in [0.15, 0.2) is 29.8 Å². The van der Waals surface area contributed by atoms with E-state index < -0.39 is 0 Å². The van der Waals surface area contributed by atoms with Crippen LogP contribution >= 0.6 is 11.3 Å². The maximum atomic E-state index is 5.74. The normalized spacial score (nSPS) is 12.7. The SMILES string of the molecule is CC(N)Cc1ccnc(-c2cccs2)n1. The highest BCUT2D eigenvalue weighted by Gasteiger charge is 2.04. The summed E-state index contributed by atoms with van der Waals surface area (Å²) in [7, 11) is 0. The Balaban J connectivity index is 2.27. The van der Waals surface area contributed by atoms with Crippen LogP contribution in [0.2, 0.25) is 0 Å². The Morgan fingerprint density at radius 2 is 2.33 bits per heavy atom. The van der Waals surface area contributed by atoms with Gasteiger partial charge in [0.1, 0.15) is 0 Å². The van der Waals surface area contributed by atoms with Gasteiger partial charge in [-0.05, 0) is 24.4 Å². The van der Waals surface area contributed by atoms with E-state index in [1.165, 1.54) is 0 Å². The molecule has 0 saturated carbocycles. The maximum Gasteiger partial charge on any atom is 0.169 e. The molecule has 15 heavy (non-hydrogen) atoms. The lowest BCUT2D eigenvalue weighted by atomic mass is 10.2. The lowest BCUT2D eigenvalue weighted by Crippen LogP contribution is -2.18.